The van der Waals surface area contributed by atoms with E-state index in [1.165, 1.54) is 15.3 Å². The van der Waals surface area contributed by atoms with Crippen LogP contribution in [-0.4, -0.2) is 4.98 Å². The molecule has 0 aliphatic carbocycles. The molecule has 3 N–H and O–H groups in total. The number of thiophene rings is 1. The Labute approximate surface area is 110 Å². The van der Waals surface area contributed by atoms with Gasteiger partial charge in [-0.15, -0.1) is 11.3 Å². The Morgan fingerprint density at radius 2 is 2.18 bits per heavy atom. The number of halogens is 1. The Bertz CT molecular complexity index is 517. The van der Waals surface area contributed by atoms with Crippen LogP contribution in [0.1, 0.15) is 15.3 Å². The molecule has 0 atom stereocenters. The van der Waals surface area contributed by atoms with E-state index in [9.17, 15) is 0 Å². The van der Waals surface area contributed by atoms with Gasteiger partial charge in [0.05, 0.1) is 17.3 Å². The molecule has 5 heteroatoms. The van der Waals surface area contributed by atoms with E-state index in [4.69, 9.17) is 17.3 Å². The van der Waals surface area contributed by atoms with Crippen molar-refractivity contribution in [2.45, 2.75) is 20.4 Å². The summed E-state index contributed by atoms with van der Waals surface area (Å²) in [6.45, 7) is 4.97. The van der Waals surface area contributed by atoms with Crippen molar-refractivity contribution in [2.24, 2.45) is 0 Å². The highest BCUT2D eigenvalue weighted by molar-refractivity contribution is 7.12. The van der Waals surface area contributed by atoms with E-state index in [1.807, 2.05) is 0 Å². The van der Waals surface area contributed by atoms with Crippen LogP contribution < -0.4 is 11.1 Å². The number of nitrogens with one attached hydrogen (secondary N) is 1. The largest absolute Gasteiger partial charge is 0.396 e. The second-order valence-electron chi connectivity index (χ2n) is 3.90. The second-order valence-corrected chi connectivity index (χ2v) is 5.67. The summed E-state index contributed by atoms with van der Waals surface area (Å²) in [6, 6.07) is 3.88. The smallest absolute Gasteiger partial charge is 0.149 e. The third-order valence-corrected chi connectivity index (χ3v) is 3.89. The van der Waals surface area contributed by atoms with Crippen LogP contribution in [-0.2, 0) is 6.54 Å². The molecular formula is C12H14ClN3S. The molecule has 90 valence electrons. The number of aromatic nitrogens is 1. The first kappa shape index (κ1) is 12.2. The summed E-state index contributed by atoms with van der Waals surface area (Å²) in [6.07, 6.45) is 1.59. The number of nitrogen functional groups attached to an aromatic ring is 1. The number of pyridine rings is 1. The molecule has 0 aliphatic heterocycles. The zero-order chi connectivity index (χ0) is 12.4. The van der Waals surface area contributed by atoms with Crippen molar-refractivity contribution >= 4 is 34.4 Å². The molecule has 0 amide bonds. The Hall–Kier alpha value is -1.26. The SMILES string of the molecule is Cc1cc(CNc2ncc(Cl)cc2N)sc1C. The molecule has 0 saturated carbocycles. The van der Waals surface area contributed by atoms with E-state index in [0.29, 0.717) is 16.5 Å². The predicted octanol–water partition coefficient (Wildman–Crippen LogP) is 3.61. The van der Waals surface area contributed by atoms with Crippen LogP contribution in [0.4, 0.5) is 11.5 Å². The fourth-order valence-corrected chi connectivity index (χ4v) is 2.67. The number of hydrogen-bond acceptors (Lipinski definition) is 4. The van der Waals surface area contributed by atoms with Crippen molar-refractivity contribution in [1.82, 2.24) is 4.98 Å². The lowest BCUT2D eigenvalue weighted by molar-refractivity contribution is 1.14. The quantitative estimate of drug-likeness (QED) is 0.893. The fraction of sp³-hybridized carbons (Fsp3) is 0.250. The molecule has 0 saturated heterocycles. The van der Waals surface area contributed by atoms with Crippen molar-refractivity contribution in [2.75, 3.05) is 11.1 Å². The molecule has 0 unspecified atom stereocenters. The minimum absolute atomic E-state index is 0.552. The lowest BCUT2D eigenvalue weighted by Crippen LogP contribution is -2.03. The van der Waals surface area contributed by atoms with Gasteiger partial charge in [0, 0.05) is 16.0 Å². The molecular weight excluding hydrogens is 254 g/mol. The van der Waals surface area contributed by atoms with E-state index < -0.39 is 0 Å². The lowest BCUT2D eigenvalue weighted by atomic mass is 10.3. The lowest BCUT2D eigenvalue weighted by Gasteiger charge is -2.06. The summed E-state index contributed by atoms with van der Waals surface area (Å²) < 4.78 is 0. The molecule has 0 aliphatic rings. The minimum atomic E-state index is 0.552. The standard InChI is InChI=1S/C12H14ClN3S/c1-7-3-10(17-8(7)2)6-16-12-11(14)4-9(13)5-15-12/h3-5H,6,14H2,1-2H3,(H,15,16). The summed E-state index contributed by atoms with van der Waals surface area (Å²) in [5.41, 5.74) is 7.71. The van der Waals surface area contributed by atoms with Crippen LogP contribution in [0.2, 0.25) is 5.02 Å². The number of nitrogens with zero attached hydrogens (tertiary/aromatic N) is 1. The number of hydrogen-bond donors (Lipinski definition) is 2. The number of nitrogens with two attached hydrogens (primary N) is 1. The van der Waals surface area contributed by atoms with Crippen molar-refractivity contribution in [1.29, 1.82) is 0 Å². The summed E-state index contributed by atoms with van der Waals surface area (Å²) in [5, 5.41) is 3.76. The Balaban J connectivity index is 2.07. The first-order chi connectivity index (χ1) is 8.06. The molecule has 0 spiro atoms. The molecule has 0 aromatic carbocycles. The van der Waals surface area contributed by atoms with Gasteiger partial charge >= 0.3 is 0 Å². The van der Waals surface area contributed by atoms with Crippen LogP contribution >= 0.6 is 22.9 Å². The fourth-order valence-electron chi connectivity index (χ4n) is 1.51. The second kappa shape index (κ2) is 4.94. The van der Waals surface area contributed by atoms with Gasteiger partial charge in [0.1, 0.15) is 5.82 Å². The van der Waals surface area contributed by atoms with E-state index in [0.717, 1.165) is 6.54 Å². The van der Waals surface area contributed by atoms with Gasteiger partial charge in [-0.05, 0) is 31.5 Å². The molecule has 0 bridgehead atoms. The topological polar surface area (TPSA) is 50.9 Å². The van der Waals surface area contributed by atoms with Gasteiger partial charge in [-0.2, -0.15) is 0 Å². The predicted molar refractivity (Wildman–Crippen MR) is 74.8 cm³/mol. The zero-order valence-corrected chi connectivity index (χ0v) is 11.3. The number of rotatable bonds is 3. The van der Waals surface area contributed by atoms with Gasteiger partial charge < -0.3 is 11.1 Å². The summed E-state index contributed by atoms with van der Waals surface area (Å²) in [4.78, 5) is 6.78. The van der Waals surface area contributed by atoms with Gasteiger partial charge in [-0.1, -0.05) is 11.6 Å². The zero-order valence-electron chi connectivity index (χ0n) is 9.75. The maximum atomic E-state index is 5.81. The van der Waals surface area contributed by atoms with E-state index in [-0.39, 0.29) is 0 Å². The van der Waals surface area contributed by atoms with E-state index in [1.54, 1.807) is 23.6 Å². The first-order valence-corrected chi connectivity index (χ1v) is 6.46. The van der Waals surface area contributed by atoms with E-state index >= 15 is 0 Å². The highest BCUT2D eigenvalue weighted by atomic mass is 35.5. The van der Waals surface area contributed by atoms with Gasteiger partial charge in [0.25, 0.3) is 0 Å². The van der Waals surface area contributed by atoms with Crippen molar-refractivity contribution in [3.05, 3.63) is 38.7 Å². The van der Waals surface area contributed by atoms with Crippen LogP contribution in [0.15, 0.2) is 18.3 Å². The van der Waals surface area contributed by atoms with Gasteiger partial charge in [-0.25, -0.2) is 4.98 Å². The highest BCUT2D eigenvalue weighted by Crippen LogP contribution is 2.23. The normalized spacial score (nSPS) is 10.5. The molecule has 2 aromatic rings. The van der Waals surface area contributed by atoms with Crippen LogP contribution in [0.5, 0.6) is 0 Å². The molecule has 0 radical (unpaired) electrons. The van der Waals surface area contributed by atoms with Gasteiger partial charge in [0.2, 0.25) is 0 Å². The summed E-state index contributed by atoms with van der Waals surface area (Å²) in [7, 11) is 0. The molecule has 3 nitrogen and oxygen atoms in total. The molecule has 17 heavy (non-hydrogen) atoms. The van der Waals surface area contributed by atoms with Crippen LogP contribution in [0.3, 0.4) is 0 Å². The molecule has 0 fully saturated rings. The maximum absolute atomic E-state index is 5.81. The highest BCUT2D eigenvalue weighted by Gasteiger charge is 2.04. The summed E-state index contributed by atoms with van der Waals surface area (Å²) in [5.74, 6) is 0.679. The summed E-state index contributed by atoms with van der Waals surface area (Å²) >= 11 is 7.58. The third-order valence-electron chi connectivity index (χ3n) is 2.53. The van der Waals surface area contributed by atoms with Crippen LogP contribution in [0.25, 0.3) is 0 Å². The van der Waals surface area contributed by atoms with Gasteiger partial charge in [0.15, 0.2) is 0 Å². The number of aryl methyl sites for hydroxylation is 2. The first-order valence-electron chi connectivity index (χ1n) is 5.27. The minimum Gasteiger partial charge on any atom is -0.396 e. The van der Waals surface area contributed by atoms with Crippen molar-refractivity contribution in [3.8, 4) is 0 Å². The maximum Gasteiger partial charge on any atom is 0.149 e. The molecule has 2 aromatic heterocycles. The average Bonchev–Trinajstić information content (AvgIpc) is 2.57. The Kier molecular flexibility index (Phi) is 3.54. The molecule has 2 heterocycles. The van der Waals surface area contributed by atoms with Crippen LogP contribution in [0, 0.1) is 13.8 Å². The molecule has 2 rings (SSSR count). The third kappa shape index (κ3) is 2.90. The Morgan fingerprint density at radius 1 is 1.41 bits per heavy atom. The van der Waals surface area contributed by atoms with E-state index in [2.05, 4.69) is 30.2 Å². The monoisotopic (exact) mass is 267 g/mol. The Morgan fingerprint density at radius 3 is 2.76 bits per heavy atom. The number of anilines is 2. The van der Waals surface area contributed by atoms with Crippen molar-refractivity contribution < 1.29 is 0 Å². The van der Waals surface area contributed by atoms with Crippen molar-refractivity contribution in [3.63, 3.8) is 0 Å². The average molecular weight is 268 g/mol. The van der Waals surface area contributed by atoms with Gasteiger partial charge in [-0.3, -0.25) is 0 Å².